The van der Waals surface area contributed by atoms with Crippen molar-refractivity contribution in [1.82, 2.24) is 5.32 Å². The summed E-state index contributed by atoms with van der Waals surface area (Å²) < 4.78 is 1.39. The molecule has 18 heavy (non-hydrogen) atoms. The number of hydrogen-bond donors (Lipinski definition) is 1. The number of hydrogen-bond acceptors (Lipinski definition) is 2. The van der Waals surface area contributed by atoms with Gasteiger partial charge in [-0.25, -0.2) is 0 Å². The first-order chi connectivity index (χ1) is 8.77. The van der Waals surface area contributed by atoms with Crippen molar-refractivity contribution in [2.24, 2.45) is 0 Å². The molecule has 0 saturated carbocycles. The molecule has 1 aromatic heterocycles. The minimum atomic E-state index is 0.556. The van der Waals surface area contributed by atoms with Crippen molar-refractivity contribution >= 4 is 33.9 Å². The van der Waals surface area contributed by atoms with Crippen LogP contribution in [0.15, 0.2) is 11.4 Å². The van der Waals surface area contributed by atoms with Gasteiger partial charge in [-0.3, -0.25) is 0 Å². The molecular formula is C15H26INS. The predicted molar refractivity (Wildman–Crippen MR) is 91.4 cm³/mol. The summed E-state index contributed by atoms with van der Waals surface area (Å²) in [6.45, 7) is 2.28. The lowest BCUT2D eigenvalue weighted by Crippen LogP contribution is -2.15. The molecule has 1 rings (SSSR count). The number of rotatable bonds is 10. The second-order valence-electron chi connectivity index (χ2n) is 4.94. The highest BCUT2D eigenvalue weighted by Gasteiger charge is 2.10. The average molecular weight is 379 g/mol. The van der Waals surface area contributed by atoms with E-state index in [0.29, 0.717) is 6.04 Å². The summed E-state index contributed by atoms with van der Waals surface area (Å²) in [5, 5.41) is 5.74. The van der Waals surface area contributed by atoms with Gasteiger partial charge in [-0.05, 0) is 53.1 Å². The van der Waals surface area contributed by atoms with Gasteiger partial charge in [0.15, 0.2) is 0 Å². The van der Waals surface area contributed by atoms with E-state index in [1.807, 2.05) is 11.3 Å². The summed E-state index contributed by atoms with van der Waals surface area (Å²) in [4.78, 5) is 0. The van der Waals surface area contributed by atoms with Crippen LogP contribution in [-0.2, 0) is 0 Å². The van der Waals surface area contributed by atoms with Gasteiger partial charge in [0, 0.05) is 6.04 Å². The number of thiophene rings is 1. The predicted octanol–water partition coefficient (Wildman–Crippen LogP) is 5.75. The van der Waals surface area contributed by atoms with Gasteiger partial charge >= 0.3 is 0 Å². The minimum absolute atomic E-state index is 0.556. The molecule has 0 spiro atoms. The molecule has 0 saturated heterocycles. The SMILES string of the molecule is CCCCCCCCCC(NC)c1csc(I)c1. The van der Waals surface area contributed by atoms with Crippen LogP contribution in [0, 0.1) is 2.88 Å². The molecule has 0 amide bonds. The van der Waals surface area contributed by atoms with Crippen molar-refractivity contribution in [1.29, 1.82) is 0 Å². The first-order valence-electron chi connectivity index (χ1n) is 7.19. The van der Waals surface area contributed by atoms with E-state index in [9.17, 15) is 0 Å². The number of halogens is 1. The van der Waals surface area contributed by atoms with Crippen LogP contribution >= 0.6 is 33.9 Å². The van der Waals surface area contributed by atoms with Crippen LogP contribution in [0.4, 0.5) is 0 Å². The Bertz CT molecular complexity index is 311. The maximum atomic E-state index is 3.45. The van der Waals surface area contributed by atoms with E-state index < -0.39 is 0 Å². The summed E-state index contributed by atoms with van der Waals surface area (Å²) in [5.74, 6) is 0. The Morgan fingerprint density at radius 2 is 1.83 bits per heavy atom. The first-order valence-corrected chi connectivity index (χ1v) is 9.15. The fourth-order valence-corrected chi connectivity index (χ4v) is 3.72. The second-order valence-corrected chi connectivity index (χ2v) is 7.74. The third kappa shape index (κ3) is 6.53. The van der Waals surface area contributed by atoms with Crippen molar-refractivity contribution < 1.29 is 0 Å². The van der Waals surface area contributed by atoms with E-state index in [1.54, 1.807) is 0 Å². The molecule has 1 aromatic rings. The van der Waals surface area contributed by atoms with Crippen LogP contribution < -0.4 is 5.32 Å². The van der Waals surface area contributed by atoms with Crippen LogP contribution in [0.3, 0.4) is 0 Å². The third-order valence-electron chi connectivity index (χ3n) is 3.43. The second kappa shape index (κ2) is 10.2. The van der Waals surface area contributed by atoms with Crippen molar-refractivity contribution in [3.05, 3.63) is 19.9 Å². The summed E-state index contributed by atoms with van der Waals surface area (Å²) in [7, 11) is 2.08. The van der Waals surface area contributed by atoms with Crippen LogP contribution in [-0.4, -0.2) is 7.05 Å². The summed E-state index contributed by atoms with van der Waals surface area (Å²) in [5.41, 5.74) is 1.47. The maximum absolute atomic E-state index is 3.45. The van der Waals surface area contributed by atoms with E-state index in [0.717, 1.165) is 0 Å². The molecule has 104 valence electrons. The van der Waals surface area contributed by atoms with Gasteiger partial charge in [0.1, 0.15) is 0 Å². The van der Waals surface area contributed by atoms with E-state index >= 15 is 0 Å². The molecule has 0 fully saturated rings. The quantitative estimate of drug-likeness (QED) is 0.403. The normalized spacial score (nSPS) is 12.8. The lowest BCUT2D eigenvalue weighted by atomic mass is 10.0. The topological polar surface area (TPSA) is 12.0 Å². The lowest BCUT2D eigenvalue weighted by Gasteiger charge is -2.14. The minimum Gasteiger partial charge on any atom is -0.313 e. The lowest BCUT2D eigenvalue weighted by molar-refractivity contribution is 0.496. The molecule has 1 atom stereocenters. The van der Waals surface area contributed by atoms with Gasteiger partial charge in [0.2, 0.25) is 0 Å². The Morgan fingerprint density at radius 1 is 1.17 bits per heavy atom. The number of nitrogens with one attached hydrogen (secondary N) is 1. The molecule has 1 heterocycles. The van der Waals surface area contributed by atoms with Crippen molar-refractivity contribution in [2.75, 3.05) is 7.05 Å². The van der Waals surface area contributed by atoms with Crippen LogP contribution in [0.1, 0.15) is 69.9 Å². The smallest absolute Gasteiger partial charge is 0.0656 e. The van der Waals surface area contributed by atoms with E-state index in [1.165, 1.54) is 59.8 Å². The molecule has 0 aliphatic heterocycles. The van der Waals surface area contributed by atoms with Crippen LogP contribution in [0.5, 0.6) is 0 Å². The highest BCUT2D eigenvalue weighted by molar-refractivity contribution is 14.1. The fraction of sp³-hybridized carbons (Fsp3) is 0.733. The highest BCUT2D eigenvalue weighted by atomic mass is 127. The molecule has 1 N–H and O–H groups in total. The molecule has 1 nitrogen and oxygen atoms in total. The molecule has 0 bridgehead atoms. The maximum Gasteiger partial charge on any atom is 0.0656 e. The fourth-order valence-electron chi connectivity index (χ4n) is 2.29. The Kier molecular flexibility index (Phi) is 9.33. The largest absolute Gasteiger partial charge is 0.313 e. The van der Waals surface area contributed by atoms with E-state index in [4.69, 9.17) is 0 Å². The first kappa shape index (κ1) is 16.4. The van der Waals surface area contributed by atoms with Gasteiger partial charge < -0.3 is 5.32 Å². The van der Waals surface area contributed by atoms with Gasteiger partial charge in [0.05, 0.1) is 2.88 Å². The van der Waals surface area contributed by atoms with Crippen molar-refractivity contribution in [3.63, 3.8) is 0 Å². The molecule has 0 radical (unpaired) electrons. The summed E-state index contributed by atoms with van der Waals surface area (Å²) in [6.07, 6.45) is 11.0. The molecule has 3 heteroatoms. The van der Waals surface area contributed by atoms with Gasteiger partial charge in [-0.1, -0.05) is 51.9 Å². The molecule has 0 aromatic carbocycles. The third-order valence-corrected chi connectivity index (χ3v) is 5.24. The summed E-state index contributed by atoms with van der Waals surface area (Å²) >= 11 is 4.25. The molecule has 0 aliphatic carbocycles. The zero-order valence-corrected chi connectivity index (χ0v) is 14.6. The molecule has 1 unspecified atom stereocenters. The van der Waals surface area contributed by atoms with Crippen molar-refractivity contribution in [2.45, 2.75) is 64.3 Å². The van der Waals surface area contributed by atoms with Gasteiger partial charge in [-0.2, -0.15) is 0 Å². The standard InChI is InChI=1S/C15H26INS/c1-3-4-5-6-7-8-9-10-14(17-2)13-11-15(16)18-12-13/h11-12,14,17H,3-10H2,1-2H3. The van der Waals surface area contributed by atoms with Gasteiger partial charge in [-0.15, -0.1) is 11.3 Å². The zero-order valence-electron chi connectivity index (χ0n) is 11.7. The van der Waals surface area contributed by atoms with Crippen LogP contribution in [0.25, 0.3) is 0 Å². The van der Waals surface area contributed by atoms with E-state index in [2.05, 4.69) is 53.3 Å². The number of unbranched alkanes of at least 4 members (excludes halogenated alkanes) is 6. The summed E-state index contributed by atoms with van der Waals surface area (Å²) in [6, 6.07) is 2.87. The van der Waals surface area contributed by atoms with Gasteiger partial charge in [0.25, 0.3) is 0 Å². The Hall–Kier alpha value is 0.390. The molecule has 0 aliphatic rings. The Balaban J connectivity index is 2.13. The Labute approximate surface area is 130 Å². The highest BCUT2D eigenvalue weighted by Crippen LogP contribution is 2.25. The molecular weight excluding hydrogens is 353 g/mol. The van der Waals surface area contributed by atoms with Crippen LogP contribution in [0.2, 0.25) is 0 Å². The van der Waals surface area contributed by atoms with Crippen molar-refractivity contribution in [3.8, 4) is 0 Å². The Morgan fingerprint density at radius 3 is 2.39 bits per heavy atom. The zero-order chi connectivity index (χ0) is 13.2. The van der Waals surface area contributed by atoms with E-state index in [-0.39, 0.29) is 0 Å². The monoisotopic (exact) mass is 379 g/mol. The average Bonchev–Trinajstić information content (AvgIpc) is 2.79.